The van der Waals surface area contributed by atoms with Crippen LogP contribution in [0.3, 0.4) is 0 Å². The number of rotatable bonds is 5. The Kier molecular flexibility index (Phi) is 5.45. The number of halogens is 3. The Labute approximate surface area is 158 Å². The molecule has 0 spiro atoms. The summed E-state index contributed by atoms with van der Waals surface area (Å²) in [6.45, 7) is 0.276. The third kappa shape index (κ3) is 4.38. The maximum atomic E-state index is 12.9. The summed E-state index contributed by atoms with van der Waals surface area (Å²) in [4.78, 5) is 11.9. The number of carbonyl (C=O) groups excluding carboxylic acids is 1. The van der Waals surface area contributed by atoms with Crippen LogP contribution >= 0.6 is 0 Å². The van der Waals surface area contributed by atoms with Crippen molar-refractivity contribution in [3.63, 3.8) is 0 Å². The lowest BCUT2D eigenvalue weighted by Crippen LogP contribution is -2.24. The number of aromatic nitrogens is 2. The molecule has 8 heteroatoms. The summed E-state index contributed by atoms with van der Waals surface area (Å²) in [5.41, 5.74) is 1.80. The molecule has 0 fully saturated rings. The summed E-state index contributed by atoms with van der Waals surface area (Å²) in [6, 6.07) is 15.2. The van der Waals surface area contributed by atoms with Crippen LogP contribution in [0.25, 0.3) is 22.5 Å². The van der Waals surface area contributed by atoms with E-state index in [2.05, 4.69) is 15.5 Å². The minimum absolute atomic E-state index is 0.232. The Hall–Kier alpha value is -3.60. The fraction of sp³-hybridized carbons (Fsp3) is 0.150. The van der Waals surface area contributed by atoms with Crippen molar-refractivity contribution in [2.45, 2.75) is 12.6 Å². The van der Waals surface area contributed by atoms with Crippen LogP contribution in [0.5, 0.6) is 0 Å². The topological polar surface area (TPSA) is 81.6 Å². The summed E-state index contributed by atoms with van der Waals surface area (Å²) < 4.78 is 38.6. The number of aromatic amines is 1. The maximum Gasteiger partial charge on any atom is 0.416 e. The highest BCUT2D eigenvalue weighted by molar-refractivity contribution is 5.94. The quantitative estimate of drug-likeness (QED) is 0.640. The molecule has 0 atom stereocenters. The highest BCUT2D eigenvalue weighted by atomic mass is 19.4. The molecule has 142 valence electrons. The maximum absolute atomic E-state index is 12.9. The summed E-state index contributed by atoms with van der Waals surface area (Å²) in [6.07, 6.45) is -4.19. The molecule has 5 nitrogen and oxygen atoms in total. The van der Waals surface area contributed by atoms with E-state index in [1.807, 2.05) is 6.07 Å². The highest BCUT2D eigenvalue weighted by Gasteiger charge is 2.30. The number of nitrogens with one attached hydrogen (secondary N) is 2. The van der Waals surface area contributed by atoms with Gasteiger partial charge in [0.15, 0.2) is 0 Å². The second kappa shape index (κ2) is 7.96. The van der Waals surface area contributed by atoms with Gasteiger partial charge in [-0.1, -0.05) is 24.3 Å². The fourth-order valence-electron chi connectivity index (χ4n) is 2.61. The van der Waals surface area contributed by atoms with E-state index in [0.717, 1.165) is 17.7 Å². The SMILES string of the molecule is N#CCCNC(=O)c1ccc(-c2cc(-c3cccc(C(F)(F)F)c3)n[nH]2)cc1. The van der Waals surface area contributed by atoms with Gasteiger partial charge in [0.2, 0.25) is 0 Å². The van der Waals surface area contributed by atoms with Crippen molar-refractivity contribution in [1.29, 1.82) is 5.26 Å². The molecule has 0 bridgehead atoms. The molecule has 1 heterocycles. The second-order valence-electron chi connectivity index (χ2n) is 5.99. The van der Waals surface area contributed by atoms with Gasteiger partial charge in [-0.15, -0.1) is 0 Å². The molecule has 0 unspecified atom stereocenters. The van der Waals surface area contributed by atoms with Gasteiger partial charge in [-0.3, -0.25) is 9.89 Å². The number of nitrogens with zero attached hydrogens (tertiary/aromatic N) is 2. The number of alkyl halides is 3. The average Bonchev–Trinajstić information content (AvgIpc) is 3.18. The van der Waals surface area contributed by atoms with E-state index in [0.29, 0.717) is 22.5 Å². The lowest BCUT2D eigenvalue weighted by atomic mass is 10.1. The van der Waals surface area contributed by atoms with Crippen molar-refractivity contribution in [2.75, 3.05) is 6.54 Å². The van der Waals surface area contributed by atoms with Crippen molar-refractivity contribution < 1.29 is 18.0 Å². The number of hydrogen-bond donors (Lipinski definition) is 2. The van der Waals surface area contributed by atoms with Gasteiger partial charge in [0.1, 0.15) is 0 Å². The van der Waals surface area contributed by atoms with Crippen LogP contribution in [-0.4, -0.2) is 22.6 Å². The molecule has 3 aromatic rings. The second-order valence-corrected chi connectivity index (χ2v) is 5.99. The Balaban J connectivity index is 1.77. The summed E-state index contributed by atoms with van der Waals surface area (Å²) in [5.74, 6) is -0.281. The van der Waals surface area contributed by atoms with Crippen LogP contribution in [0, 0.1) is 11.3 Å². The number of nitriles is 1. The molecule has 0 saturated carbocycles. The van der Waals surface area contributed by atoms with Gasteiger partial charge in [0.25, 0.3) is 5.91 Å². The molecule has 0 radical (unpaired) electrons. The van der Waals surface area contributed by atoms with E-state index < -0.39 is 11.7 Å². The number of amides is 1. The first-order valence-corrected chi connectivity index (χ1v) is 8.37. The summed E-state index contributed by atoms with van der Waals surface area (Å²) in [7, 11) is 0. The van der Waals surface area contributed by atoms with Crippen molar-refractivity contribution >= 4 is 5.91 Å². The van der Waals surface area contributed by atoms with Gasteiger partial charge in [-0.2, -0.15) is 23.5 Å². The predicted octanol–water partition coefficient (Wildman–Crippen LogP) is 4.41. The zero-order valence-corrected chi connectivity index (χ0v) is 14.5. The van der Waals surface area contributed by atoms with Crippen LogP contribution in [0.4, 0.5) is 13.2 Å². The van der Waals surface area contributed by atoms with Crippen LogP contribution in [0.2, 0.25) is 0 Å². The summed E-state index contributed by atoms with van der Waals surface area (Å²) in [5, 5.41) is 18.0. The van der Waals surface area contributed by atoms with Crippen LogP contribution in [-0.2, 0) is 6.18 Å². The third-order valence-electron chi connectivity index (χ3n) is 4.04. The van der Waals surface area contributed by atoms with Crippen LogP contribution < -0.4 is 5.32 Å². The zero-order chi connectivity index (χ0) is 20.1. The first-order chi connectivity index (χ1) is 13.4. The molecule has 0 aliphatic carbocycles. The standard InChI is InChI=1S/C20H15F3N4O/c21-20(22,23)16-4-1-3-15(11-16)18-12-17(26-27-18)13-5-7-14(8-6-13)19(28)25-10-2-9-24/h1,3-8,11-12H,2,10H2,(H,25,28)(H,26,27). The zero-order valence-electron chi connectivity index (χ0n) is 14.5. The largest absolute Gasteiger partial charge is 0.416 e. The van der Waals surface area contributed by atoms with Crippen molar-refractivity contribution in [3.8, 4) is 28.6 Å². The first-order valence-electron chi connectivity index (χ1n) is 8.37. The monoisotopic (exact) mass is 384 g/mol. The van der Waals surface area contributed by atoms with Gasteiger partial charge >= 0.3 is 6.18 Å². The van der Waals surface area contributed by atoms with Crippen molar-refractivity contribution in [2.24, 2.45) is 0 Å². The van der Waals surface area contributed by atoms with E-state index in [9.17, 15) is 18.0 Å². The Bertz CT molecular complexity index is 1020. The van der Waals surface area contributed by atoms with E-state index in [-0.39, 0.29) is 18.9 Å². The number of benzene rings is 2. The normalized spacial score (nSPS) is 11.1. The van der Waals surface area contributed by atoms with E-state index >= 15 is 0 Å². The van der Waals surface area contributed by atoms with E-state index in [1.54, 1.807) is 36.4 Å². The Morgan fingerprint density at radius 1 is 1.11 bits per heavy atom. The molecule has 28 heavy (non-hydrogen) atoms. The minimum Gasteiger partial charge on any atom is -0.351 e. The number of carbonyl (C=O) groups is 1. The van der Waals surface area contributed by atoms with E-state index in [1.165, 1.54) is 6.07 Å². The lowest BCUT2D eigenvalue weighted by molar-refractivity contribution is -0.137. The predicted molar refractivity (Wildman–Crippen MR) is 97.0 cm³/mol. The minimum atomic E-state index is -4.42. The molecule has 1 aromatic heterocycles. The van der Waals surface area contributed by atoms with Crippen LogP contribution in [0.15, 0.2) is 54.6 Å². The highest BCUT2D eigenvalue weighted by Crippen LogP contribution is 2.32. The van der Waals surface area contributed by atoms with Gasteiger partial charge in [-0.25, -0.2) is 0 Å². The molecular weight excluding hydrogens is 369 g/mol. The molecule has 2 N–H and O–H groups in total. The van der Waals surface area contributed by atoms with Crippen molar-refractivity contribution in [1.82, 2.24) is 15.5 Å². The van der Waals surface area contributed by atoms with Gasteiger partial charge < -0.3 is 5.32 Å². The average molecular weight is 384 g/mol. The molecule has 0 saturated heterocycles. The van der Waals surface area contributed by atoms with Crippen LogP contribution in [0.1, 0.15) is 22.3 Å². The van der Waals surface area contributed by atoms with Gasteiger partial charge in [-0.05, 0) is 35.9 Å². The first kappa shape index (κ1) is 19.2. The molecule has 0 aliphatic heterocycles. The molecular formula is C20H15F3N4O. The Morgan fingerprint density at radius 2 is 1.86 bits per heavy atom. The molecule has 1 amide bonds. The van der Waals surface area contributed by atoms with Gasteiger partial charge in [0.05, 0.1) is 29.4 Å². The molecule has 0 aliphatic rings. The molecule has 2 aromatic carbocycles. The smallest absolute Gasteiger partial charge is 0.351 e. The summed E-state index contributed by atoms with van der Waals surface area (Å²) >= 11 is 0. The molecule has 3 rings (SSSR count). The van der Waals surface area contributed by atoms with Gasteiger partial charge in [0, 0.05) is 17.7 Å². The Morgan fingerprint density at radius 3 is 2.54 bits per heavy atom. The third-order valence-corrected chi connectivity index (χ3v) is 4.04. The van der Waals surface area contributed by atoms with E-state index in [4.69, 9.17) is 5.26 Å². The number of H-pyrrole nitrogens is 1. The van der Waals surface area contributed by atoms with Crippen molar-refractivity contribution in [3.05, 3.63) is 65.7 Å². The fourth-order valence-corrected chi connectivity index (χ4v) is 2.61. The number of hydrogen-bond acceptors (Lipinski definition) is 3. The lowest BCUT2D eigenvalue weighted by Gasteiger charge is -2.07.